The number of nitrogens with zero attached hydrogens (tertiary/aromatic N) is 1. The quantitative estimate of drug-likeness (QED) is 0.879. The molecule has 0 unspecified atom stereocenters. The molecule has 3 heteroatoms. The van der Waals surface area contributed by atoms with Gasteiger partial charge in [-0.2, -0.15) is 0 Å². The molecule has 104 valence electrons. The van der Waals surface area contributed by atoms with Gasteiger partial charge in [0.05, 0.1) is 6.04 Å². The fourth-order valence-electron chi connectivity index (χ4n) is 2.61. The van der Waals surface area contributed by atoms with Crippen LogP contribution in [0.3, 0.4) is 0 Å². The van der Waals surface area contributed by atoms with Crippen molar-refractivity contribution in [1.82, 2.24) is 10.2 Å². The number of hydrogen-bond donors (Lipinski definition) is 1. The normalized spacial score (nSPS) is 16.6. The van der Waals surface area contributed by atoms with E-state index in [1.807, 2.05) is 11.8 Å². The van der Waals surface area contributed by atoms with Crippen LogP contribution in [0.2, 0.25) is 0 Å². The molecule has 1 aliphatic heterocycles. The van der Waals surface area contributed by atoms with Gasteiger partial charge in [0.25, 0.3) is 0 Å². The third kappa shape index (κ3) is 3.80. The molecule has 1 amide bonds. The predicted octanol–water partition coefficient (Wildman–Crippen LogP) is 2.14. The van der Waals surface area contributed by atoms with Crippen LogP contribution in [0.1, 0.15) is 30.9 Å². The molecule has 1 aliphatic rings. The minimum absolute atomic E-state index is 0.0675. The van der Waals surface area contributed by atoms with Gasteiger partial charge >= 0.3 is 0 Å². The Labute approximate surface area is 116 Å². The van der Waals surface area contributed by atoms with E-state index in [-0.39, 0.29) is 11.9 Å². The molecule has 1 fully saturated rings. The number of carbonyl (C=O) groups is 1. The van der Waals surface area contributed by atoms with Gasteiger partial charge in [-0.3, -0.25) is 4.79 Å². The van der Waals surface area contributed by atoms with E-state index in [1.54, 1.807) is 0 Å². The first kappa shape index (κ1) is 14.1. The lowest BCUT2D eigenvalue weighted by atomic mass is 10.1. The summed E-state index contributed by atoms with van der Waals surface area (Å²) in [7, 11) is 0. The second-order valence-corrected chi connectivity index (χ2v) is 5.38. The van der Waals surface area contributed by atoms with Crippen LogP contribution in [0.15, 0.2) is 24.3 Å². The summed E-state index contributed by atoms with van der Waals surface area (Å²) in [4.78, 5) is 14.1. The number of aryl methyl sites for hydroxylation is 1. The molecule has 0 radical (unpaired) electrons. The van der Waals surface area contributed by atoms with Crippen LogP contribution in [0.25, 0.3) is 0 Å². The zero-order valence-corrected chi connectivity index (χ0v) is 12.0. The molecular formula is C16H24N2O. The Kier molecular flexibility index (Phi) is 4.97. The molecule has 1 aromatic carbocycles. The molecule has 0 spiro atoms. The molecule has 3 nitrogen and oxygen atoms in total. The van der Waals surface area contributed by atoms with Gasteiger partial charge in [0, 0.05) is 13.1 Å². The van der Waals surface area contributed by atoms with E-state index in [0.717, 1.165) is 38.9 Å². The first-order valence-corrected chi connectivity index (χ1v) is 7.25. The Morgan fingerprint density at radius 2 is 2.00 bits per heavy atom. The maximum Gasteiger partial charge on any atom is 0.239 e. The Hall–Kier alpha value is -1.35. The van der Waals surface area contributed by atoms with E-state index in [4.69, 9.17) is 0 Å². The van der Waals surface area contributed by atoms with Gasteiger partial charge in [-0.05, 0) is 50.8 Å². The van der Waals surface area contributed by atoms with Crippen LogP contribution in [0.5, 0.6) is 0 Å². The molecule has 0 saturated carbocycles. The molecule has 1 atom stereocenters. The number of hydrogen-bond acceptors (Lipinski definition) is 2. The van der Waals surface area contributed by atoms with E-state index in [2.05, 4.69) is 36.5 Å². The number of rotatable bonds is 5. The Bertz CT molecular complexity index is 425. The van der Waals surface area contributed by atoms with Crippen LogP contribution in [-0.2, 0) is 11.2 Å². The van der Waals surface area contributed by atoms with Gasteiger partial charge in [0.2, 0.25) is 5.91 Å². The molecule has 0 aliphatic carbocycles. The molecule has 0 bridgehead atoms. The Morgan fingerprint density at radius 1 is 1.32 bits per heavy atom. The average molecular weight is 260 g/mol. The summed E-state index contributed by atoms with van der Waals surface area (Å²) in [5, 5.41) is 3.34. The maximum atomic E-state index is 12.1. The highest BCUT2D eigenvalue weighted by Crippen LogP contribution is 2.10. The van der Waals surface area contributed by atoms with Crippen LogP contribution in [0.4, 0.5) is 0 Å². The van der Waals surface area contributed by atoms with Crippen molar-refractivity contribution in [1.29, 1.82) is 0 Å². The second-order valence-electron chi connectivity index (χ2n) is 5.38. The molecular weight excluding hydrogens is 236 g/mol. The molecule has 1 heterocycles. The van der Waals surface area contributed by atoms with E-state index in [9.17, 15) is 4.79 Å². The highest BCUT2D eigenvalue weighted by molar-refractivity contribution is 5.81. The van der Waals surface area contributed by atoms with Gasteiger partial charge in [-0.15, -0.1) is 0 Å². The van der Waals surface area contributed by atoms with Gasteiger partial charge in [0.15, 0.2) is 0 Å². The molecule has 1 N–H and O–H groups in total. The van der Waals surface area contributed by atoms with Gasteiger partial charge in [-0.1, -0.05) is 24.3 Å². The topological polar surface area (TPSA) is 32.3 Å². The fourth-order valence-corrected chi connectivity index (χ4v) is 2.61. The Morgan fingerprint density at radius 3 is 2.68 bits per heavy atom. The molecule has 19 heavy (non-hydrogen) atoms. The summed E-state index contributed by atoms with van der Waals surface area (Å²) in [6, 6.07) is 8.35. The predicted molar refractivity (Wildman–Crippen MR) is 78.2 cm³/mol. The van der Waals surface area contributed by atoms with E-state index in [1.165, 1.54) is 11.1 Å². The van der Waals surface area contributed by atoms with Crippen LogP contribution >= 0.6 is 0 Å². The van der Waals surface area contributed by atoms with Gasteiger partial charge in [-0.25, -0.2) is 0 Å². The maximum absolute atomic E-state index is 12.1. The molecule has 2 rings (SSSR count). The lowest BCUT2D eigenvalue weighted by Crippen LogP contribution is -2.44. The van der Waals surface area contributed by atoms with E-state index >= 15 is 0 Å². The summed E-state index contributed by atoms with van der Waals surface area (Å²) >= 11 is 0. The van der Waals surface area contributed by atoms with E-state index in [0.29, 0.717) is 0 Å². The summed E-state index contributed by atoms with van der Waals surface area (Å²) < 4.78 is 0. The molecule has 1 saturated heterocycles. The largest absolute Gasteiger partial charge is 0.341 e. The number of nitrogens with one attached hydrogen (secondary N) is 1. The lowest BCUT2D eigenvalue weighted by molar-refractivity contribution is -0.131. The molecule has 0 aromatic heterocycles. The van der Waals surface area contributed by atoms with Crippen molar-refractivity contribution in [2.45, 2.75) is 39.2 Å². The van der Waals surface area contributed by atoms with Crippen molar-refractivity contribution in [2.24, 2.45) is 0 Å². The van der Waals surface area contributed by atoms with Gasteiger partial charge < -0.3 is 10.2 Å². The smallest absolute Gasteiger partial charge is 0.239 e. The van der Waals surface area contributed by atoms with E-state index < -0.39 is 0 Å². The minimum Gasteiger partial charge on any atom is -0.341 e. The lowest BCUT2D eigenvalue weighted by Gasteiger charge is -2.21. The summed E-state index contributed by atoms with van der Waals surface area (Å²) in [6.45, 7) is 6.82. The number of carbonyl (C=O) groups excluding carboxylic acids is 1. The standard InChI is InChI=1S/C16H24N2O/c1-13-7-3-4-8-15(13)9-10-17-14(2)16(19)18-11-5-6-12-18/h3-4,7-8,14,17H,5-6,9-12H2,1-2H3/t14-/m0/s1. The van der Waals surface area contributed by atoms with Crippen LogP contribution in [0, 0.1) is 6.92 Å². The van der Waals surface area contributed by atoms with Gasteiger partial charge in [0.1, 0.15) is 0 Å². The summed E-state index contributed by atoms with van der Waals surface area (Å²) in [5.74, 6) is 0.252. The van der Waals surface area contributed by atoms with Crippen molar-refractivity contribution < 1.29 is 4.79 Å². The average Bonchev–Trinajstić information content (AvgIpc) is 2.94. The minimum atomic E-state index is -0.0675. The SMILES string of the molecule is Cc1ccccc1CCN[C@@H](C)C(=O)N1CCCC1. The third-order valence-corrected chi connectivity index (χ3v) is 3.89. The third-order valence-electron chi connectivity index (χ3n) is 3.89. The highest BCUT2D eigenvalue weighted by Gasteiger charge is 2.22. The number of amides is 1. The van der Waals surface area contributed by atoms with Crippen molar-refractivity contribution in [3.8, 4) is 0 Å². The van der Waals surface area contributed by atoms with Crippen molar-refractivity contribution in [3.63, 3.8) is 0 Å². The van der Waals surface area contributed by atoms with Crippen molar-refractivity contribution in [2.75, 3.05) is 19.6 Å². The monoisotopic (exact) mass is 260 g/mol. The second kappa shape index (κ2) is 6.71. The number of benzene rings is 1. The van der Waals surface area contributed by atoms with Crippen molar-refractivity contribution in [3.05, 3.63) is 35.4 Å². The van der Waals surface area contributed by atoms with Crippen LogP contribution in [-0.4, -0.2) is 36.5 Å². The Balaban J connectivity index is 1.76. The number of likely N-dealkylation sites (tertiary alicyclic amines) is 1. The fraction of sp³-hybridized carbons (Fsp3) is 0.562. The highest BCUT2D eigenvalue weighted by atomic mass is 16.2. The zero-order valence-electron chi connectivity index (χ0n) is 12.0. The van der Waals surface area contributed by atoms with Crippen molar-refractivity contribution >= 4 is 5.91 Å². The first-order chi connectivity index (χ1) is 9.18. The molecule has 1 aromatic rings. The van der Waals surface area contributed by atoms with Crippen LogP contribution < -0.4 is 5.32 Å². The summed E-state index contributed by atoms with van der Waals surface area (Å²) in [6.07, 6.45) is 3.29. The first-order valence-electron chi connectivity index (χ1n) is 7.25. The zero-order chi connectivity index (χ0) is 13.7. The summed E-state index contributed by atoms with van der Waals surface area (Å²) in [5.41, 5.74) is 2.68.